The van der Waals surface area contributed by atoms with Gasteiger partial charge >= 0.3 is 5.97 Å². The van der Waals surface area contributed by atoms with Crippen LogP contribution in [0.5, 0.6) is 0 Å². The lowest BCUT2D eigenvalue weighted by Crippen LogP contribution is -2.30. The maximum atomic E-state index is 12.1. The number of benzene rings is 1. The smallest absolute Gasteiger partial charge is 0.306 e. The van der Waals surface area contributed by atoms with E-state index in [0.29, 0.717) is 12.3 Å². The van der Waals surface area contributed by atoms with Crippen molar-refractivity contribution in [1.29, 1.82) is 0 Å². The number of hydrogen-bond acceptors (Lipinski definition) is 3. The van der Waals surface area contributed by atoms with Crippen molar-refractivity contribution in [3.8, 4) is 0 Å². The van der Waals surface area contributed by atoms with Crippen molar-refractivity contribution in [2.24, 2.45) is 5.92 Å². The Hall–Kier alpha value is -1.35. The second kappa shape index (κ2) is 7.08. The molecule has 0 aromatic heterocycles. The van der Waals surface area contributed by atoms with E-state index in [1.165, 1.54) is 24.0 Å². The summed E-state index contributed by atoms with van der Waals surface area (Å²) in [4.78, 5) is 12.1. The third kappa shape index (κ3) is 3.85. The fourth-order valence-electron chi connectivity index (χ4n) is 3.54. The van der Waals surface area contributed by atoms with Gasteiger partial charge in [-0.3, -0.25) is 4.79 Å². The highest BCUT2D eigenvalue weighted by Gasteiger charge is 2.23. The molecule has 3 nitrogen and oxygen atoms in total. The minimum atomic E-state index is -0.0257. The Kier molecular flexibility index (Phi) is 4.91. The molecular weight excluding hydrogens is 262 g/mol. The van der Waals surface area contributed by atoms with Gasteiger partial charge in [0.05, 0.1) is 0 Å². The van der Waals surface area contributed by atoms with Crippen LogP contribution in [-0.4, -0.2) is 19.1 Å². The minimum Gasteiger partial charge on any atom is -0.457 e. The van der Waals surface area contributed by atoms with Gasteiger partial charge in [-0.15, -0.1) is 0 Å². The number of ether oxygens (including phenoxy) is 1. The van der Waals surface area contributed by atoms with E-state index in [4.69, 9.17) is 4.74 Å². The van der Waals surface area contributed by atoms with Crippen LogP contribution in [0.25, 0.3) is 0 Å². The number of piperidine rings is 1. The predicted octanol–water partition coefficient (Wildman–Crippen LogP) is 3.39. The second-order valence-electron chi connectivity index (χ2n) is 6.32. The first kappa shape index (κ1) is 14.6. The molecule has 2 unspecified atom stereocenters. The molecule has 0 radical (unpaired) electrons. The van der Waals surface area contributed by atoms with Crippen LogP contribution in [0, 0.1) is 5.92 Å². The molecule has 0 saturated carbocycles. The summed E-state index contributed by atoms with van der Waals surface area (Å²) in [6, 6.07) is 8.37. The largest absolute Gasteiger partial charge is 0.457 e. The SMILES string of the molecule is O=C(CCC1CCCNC1)OC1CCCc2ccccc21. The monoisotopic (exact) mass is 287 g/mol. The molecule has 1 aliphatic heterocycles. The summed E-state index contributed by atoms with van der Waals surface area (Å²) < 4.78 is 5.75. The lowest BCUT2D eigenvalue weighted by molar-refractivity contribution is -0.150. The molecule has 2 aliphatic rings. The van der Waals surface area contributed by atoms with E-state index in [9.17, 15) is 4.79 Å². The van der Waals surface area contributed by atoms with Gasteiger partial charge in [-0.1, -0.05) is 24.3 Å². The van der Waals surface area contributed by atoms with Crippen molar-refractivity contribution < 1.29 is 9.53 Å². The number of rotatable bonds is 4. The molecule has 0 spiro atoms. The number of fused-ring (bicyclic) bond motifs is 1. The standard InChI is InChI=1S/C18H25NO2/c20-18(11-10-14-5-4-12-19-13-14)21-17-9-3-7-15-6-1-2-8-16(15)17/h1-2,6,8,14,17,19H,3-5,7,9-13H2. The zero-order valence-corrected chi connectivity index (χ0v) is 12.6. The molecule has 0 bridgehead atoms. The van der Waals surface area contributed by atoms with Gasteiger partial charge in [0, 0.05) is 6.42 Å². The van der Waals surface area contributed by atoms with Gasteiger partial charge in [-0.2, -0.15) is 0 Å². The maximum Gasteiger partial charge on any atom is 0.306 e. The molecule has 114 valence electrons. The quantitative estimate of drug-likeness (QED) is 0.863. The van der Waals surface area contributed by atoms with Crippen molar-refractivity contribution in [3.63, 3.8) is 0 Å². The molecule has 1 saturated heterocycles. The van der Waals surface area contributed by atoms with E-state index in [0.717, 1.165) is 38.8 Å². The molecule has 1 aliphatic carbocycles. The molecule has 3 heteroatoms. The summed E-state index contributed by atoms with van der Waals surface area (Å²) in [7, 11) is 0. The minimum absolute atomic E-state index is 0.0214. The zero-order chi connectivity index (χ0) is 14.5. The van der Waals surface area contributed by atoms with E-state index in [1.54, 1.807) is 0 Å². The van der Waals surface area contributed by atoms with Crippen LogP contribution in [-0.2, 0) is 16.0 Å². The average Bonchev–Trinajstić information content (AvgIpc) is 2.54. The average molecular weight is 287 g/mol. The zero-order valence-electron chi connectivity index (χ0n) is 12.6. The van der Waals surface area contributed by atoms with Gasteiger partial charge in [-0.25, -0.2) is 0 Å². The van der Waals surface area contributed by atoms with Gasteiger partial charge in [0.1, 0.15) is 6.10 Å². The Bertz CT molecular complexity index is 480. The van der Waals surface area contributed by atoms with Crippen molar-refractivity contribution in [2.75, 3.05) is 13.1 Å². The van der Waals surface area contributed by atoms with E-state index in [1.807, 2.05) is 6.07 Å². The van der Waals surface area contributed by atoms with Crippen LogP contribution in [0.15, 0.2) is 24.3 Å². The number of aryl methyl sites for hydroxylation is 1. The Morgan fingerprint density at radius 1 is 1.24 bits per heavy atom. The van der Waals surface area contributed by atoms with Gasteiger partial charge in [0.15, 0.2) is 0 Å². The van der Waals surface area contributed by atoms with Crippen LogP contribution in [0.3, 0.4) is 0 Å². The van der Waals surface area contributed by atoms with Crippen LogP contribution in [0.1, 0.15) is 55.8 Å². The molecule has 1 N–H and O–H groups in total. The summed E-state index contributed by atoms with van der Waals surface area (Å²) in [6.45, 7) is 2.18. The number of nitrogens with one attached hydrogen (secondary N) is 1. The van der Waals surface area contributed by atoms with Crippen molar-refractivity contribution in [2.45, 2.75) is 51.0 Å². The first-order valence-corrected chi connectivity index (χ1v) is 8.31. The molecule has 1 heterocycles. The van der Waals surface area contributed by atoms with E-state index in [2.05, 4.69) is 23.5 Å². The summed E-state index contributed by atoms with van der Waals surface area (Å²) in [5.74, 6) is 0.618. The highest BCUT2D eigenvalue weighted by Crippen LogP contribution is 2.32. The Balaban J connectivity index is 1.51. The molecule has 1 fully saturated rings. The van der Waals surface area contributed by atoms with Gasteiger partial charge in [0.25, 0.3) is 0 Å². The van der Waals surface area contributed by atoms with Crippen molar-refractivity contribution in [1.82, 2.24) is 5.32 Å². The summed E-state index contributed by atoms with van der Waals surface area (Å²) in [6.07, 6.45) is 7.16. The summed E-state index contributed by atoms with van der Waals surface area (Å²) in [5.41, 5.74) is 2.56. The Morgan fingerprint density at radius 3 is 3.00 bits per heavy atom. The molecule has 1 aromatic rings. The normalized spacial score (nSPS) is 25.1. The highest BCUT2D eigenvalue weighted by molar-refractivity contribution is 5.69. The van der Waals surface area contributed by atoms with Gasteiger partial charge in [0.2, 0.25) is 0 Å². The van der Waals surface area contributed by atoms with Crippen LogP contribution >= 0.6 is 0 Å². The summed E-state index contributed by atoms with van der Waals surface area (Å²) in [5, 5.41) is 3.40. The molecule has 0 amide bonds. The third-order valence-corrected chi connectivity index (χ3v) is 4.74. The Morgan fingerprint density at radius 2 is 2.14 bits per heavy atom. The predicted molar refractivity (Wildman–Crippen MR) is 83.0 cm³/mol. The number of hydrogen-bond donors (Lipinski definition) is 1. The van der Waals surface area contributed by atoms with E-state index >= 15 is 0 Å². The first-order chi connectivity index (χ1) is 10.3. The van der Waals surface area contributed by atoms with Crippen LogP contribution in [0.2, 0.25) is 0 Å². The highest BCUT2D eigenvalue weighted by atomic mass is 16.5. The van der Waals surface area contributed by atoms with Crippen molar-refractivity contribution in [3.05, 3.63) is 35.4 Å². The van der Waals surface area contributed by atoms with E-state index in [-0.39, 0.29) is 12.1 Å². The third-order valence-electron chi connectivity index (χ3n) is 4.74. The lowest BCUT2D eigenvalue weighted by Gasteiger charge is -2.26. The van der Waals surface area contributed by atoms with Crippen LogP contribution in [0.4, 0.5) is 0 Å². The molecule has 1 aromatic carbocycles. The Labute approximate surface area is 127 Å². The second-order valence-corrected chi connectivity index (χ2v) is 6.32. The van der Waals surface area contributed by atoms with Crippen molar-refractivity contribution >= 4 is 5.97 Å². The number of carbonyl (C=O) groups excluding carboxylic acids is 1. The molecular formula is C18H25NO2. The maximum absolute atomic E-state index is 12.1. The number of esters is 1. The lowest BCUT2D eigenvalue weighted by atomic mass is 9.89. The summed E-state index contributed by atoms with van der Waals surface area (Å²) >= 11 is 0. The first-order valence-electron chi connectivity index (χ1n) is 8.31. The number of carbonyl (C=O) groups is 1. The van der Waals surface area contributed by atoms with Gasteiger partial charge in [-0.05, 0) is 68.7 Å². The molecule has 2 atom stereocenters. The fraction of sp³-hybridized carbons (Fsp3) is 0.611. The van der Waals surface area contributed by atoms with Crippen LogP contribution < -0.4 is 5.32 Å². The van der Waals surface area contributed by atoms with E-state index < -0.39 is 0 Å². The topological polar surface area (TPSA) is 38.3 Å². The van der Waals surface area contributed by atoms with Gasteiger partial charge < -0.3 is 10.1 Å². The molecule has 3 rings (SSSR count). The fourth-order valence-corrected chi connectivity index (χ4v) is 3.54. The molecule has 21 heavy (non-hydrogen) atoms.